The number of carbonyl (C=O) groups is 2. The zero-order valence-corrected chi connectivity index (χ0v) is 12.1. The molecule has 0 aliphatic rings. The maximum absolute atomic E-state index is 11.1. The molecule has 0 spiro atoms. The van der Waals surface area contributed by atoms with Crippen molar-refractivity contribution in [1.29, 1.82) is 0 Å². The zero-order valence-electron chi connectivity index (χ0n) is 8.20. The van der Waals surface area contributed by atoms with Crippen LogP contribution >= 0.6 is 12.6 Å². The molecule has 0 heterocycles. The Morgan fingerprint density at radius 1 is 1.14 bits per heavy atom. The summed E-state index contributed by atoms with van der Waals surface area (Å²) in [6.45, 7) is 2.93. The van der Waals surface area contributed by atoms with E-state index in [1.165, 1.54) is 13.8 Å². The normalized spacial score (nSPS) is 9.07. The van der Waals surface area contributed by atoms with Crippen molar-refractivity contribution in [2.45, 2.75) is 18.7 Å². The van der Waals surface area contributed by atoms with Crippen LogP contribution in [0, 0.1) is 0 Å². The van der Waals surface area contributed by atoms with Crippen LogP contribution in [0.15, 0.2) is 23.1 Å². The average molecular weight is 260 g/mol. The third kappa shape index (κ3) is 3.04. The molecule has 70 valence electrons. The summed E-state index contributed by atoms with van der Waals surface area (Å²) in [4.78, 5) is 22.7. The molecular formula is C10H10O2SZn. The summed E-state index contributed by atoms with van der Waals surface area (Å²) in [7, 11) is 0. The molecule has 0 aliphatic carbocycles. The standard InChI is InChI=1S/C10H10O2S.Zn/c1-6(11)8-3-4-10(13)9(5-8)7(2)12;/h3-5,13H,1-2H3;. The first-order valence-electron chi connectivity index (χ1n) is 3.87. The molecule has 4 heteroatoms. The number of rotatable bonds is 2. The van der Waals surface area contributed by atoms with E-state index in [9.17, 15) is 9.59 Å². The van der Waals surface area contributed by atoms with Crippen LogP contribution in [0.1, 0.15) is 34.6 Å². The van der Waals surface area contributed by atoms with Crippen molar-refractivity contribution in [3.8, 4) is 0 Å². The van der Waals surface area contributed by atoms with E-state index < -0.39 is 0 Å². The van der Waals surface area contributed by atoms with Gasteiger partial charge in [-0.1, -0.05) is 6.07 Å². The van der Waals surface area contributed by atoms with Gasteiger partial charge in [0.05, 0.1) is 0 Å². The molecule has 1 aromatic rings. The van der Waals surface area contributed by atoms with Gasteiger partial charge in [-0.05, 0) is 26.0 Å². The van der Waals surface area contributed by atoms with Crippen molar-refractivity contribution < 1.29 is 29.1 Å². The van der Waals surface area contributed by atoms with Gasteiger partial charge in [0.2, 0.25) is 0 Å². The fourth-order valence-corrected chi connectivity index (χ4v) is 1.33. The Kier molecular flexibility index (Phi) is 5.24. The quantitative estimate of drug-likeness (QED) is 0.503. The van der Waals surface area contributed by atoms with Gasteiger partial charge in [0.1, 0.15) is 0 Å². The van der Waals surface area contributed by atoms with Gasteiger partial charge in [0.15, 0.2) is 11.6 Å². The number of ketones is 2. The molecule has 0 radical (unpaired) electrons. The molecule has 0 atom stereocenters. The number of hydrogen-bond donors (Lipinski definition) is 1. The van der Waals surface area contributed by atoms with Crippen LogP contribution < -0.4 is 0 Å². The summed E-state index contributed by atoms with van der Waals surface area (Å²) in [5.41, 5.74) is 1.04. The van der Waals surface area contributed by atoms with Crippen molar-refractivity contribution in [2.24, 2.45) is 0 Å². The average Bonchev–Trinajstić information content (AvgIpc) is 2.04. The predicted octanol–water partition coefficient (Wildman–Crippen LogP) is 2.38. The Morgan fingerprint density at radius 2 is 1.71 bits per heavy atom. The molecule has 0 saturated carbocycles. The Morgan fingerprint density at radius 3 is 2.14 bits per heavy atom. The molecule has 0 N–H and O–H groups in total. The van der Waals surface area contributed by atoms with Gasteiger partial charge in [-0.25, -0.2) is 0 Å². The minimum Gasteiger partial charge on any atom is -0.295 e. The van der Waals surface area contributed by atoms with E-state index in [1.807, 2.05) is 0 Å². The first-order chi connectivity index (χ1) is 6.02. The molecule has 14 heavy (non-hydrogen) atoms. The molecule has 1 rings (SSSR count). The van der Waals surface area contributed by atoms with Crippen molar-refractivity contribution in [3.05, 3.63) is 29.3 Å². The molecule has 0 amide bonds. The van der Waals surface area contributed by atoms with Crippen LogP contribution in [0.3, 0.4) is 0 Å². The van der Waals surface area contributed by atoms with E-state index in [1.54, 1.807) is 18.2 Å². The topological polar surface area (TPSA) is 34.1 Å². The fourth-order valence-electron chi connectivity index (χ4n) is 1.04. The van der Waals surface area contributed by atoms with E-state index in [4.69, 9.17) is 0 Å². The number of Topliss-reactive ketones (excluding diaryl/α,β-unsaturated/α-hetero) is 2. The van der Waals surface area contributed by atoms with Gasteiger partial charge in [-0.15, -0.1) is 12.6 Å². The third-order valence-electron chi connectivity index (χ3n) is 1.78. The van der Waals surface area contributed by atoms with Crippen molar-refractivity contribution >= 4 is 24.2 Å². The van der Waals surface area contributed by atoms with Crippen LogP contribution in [0.4, 0.5) is 0 Å². The monoisotopic (exact) mass is 258 g/mol. The van der Waals surface area contributed by atoms with E-state index in [0.717, 1.165) is 0 Å². The Balaban J connectivity index is 0.00000169. The minimum absolute atomic E-state index is 0. The van der Waals surface area contributed by atoms with E-state index in [-0.39, 0.29) is 31.0 Å². The van der Waals surface area contributed by atoms with Gasteiger partial charge in [-0.3, -0.25) is 9.59 Å². The van der Waals surface area contributed by atoms with Crippen LogP contribution in [0.5, 0.6) is 0 Å². The Labute approximate surface area is 101 Å². The Bertz CT molecular complexity index is 374. The molecular weight excluding hydrogens is 250 g/mol. The zero-order chi connectivity index (χ0) is 10.0. The van der Waals surface area contributed by atoms with Gasteiger partial charge in [0.25, 0.3) is 0 Å². The first-order valence-corrected chi connectivity index (χ1v) is 4.32. The fraction of sp³-hybridized carbons (Fsp3) is 0.200. The number of thiol groups is 1. The first kappa shape index (κ1) is 13.5. The van der Waals surface area contributed by atoms with Crippen molar-refractivity contribution in [1.82, 2.24) is 0 Å². The third-order valence-corrected chi connectivity index (χ3v) is 2.17. The summed E-state index contributed by atoms with van der Waals surface area (Å²) in [6, 6.07) is 4.90. The second-order valence-corrected chi connectivity index (χ2v) is 3.33. The van der Waals surface area contributed by atoms with E-state index >= 15 is 0 Å². The Hall–Kier alpha value is -0.467. The second-order valence-electron chi connectivity index (χ2n) is 2.84. The predicted molar refractivity (Wildman–Crippen MR) is 53.7 cm³/mol. The summed E-state index contributed by atoms with van der Waals surface area (Å²) >= 11 is 4.12. The molecule has 1 aromatic carbocycles. The van der Waals surface area contributed by atoms with Gasteiger partial charge >= 0.3 is 0 Å². The molecule has 0 aliphatic heterocycles. The second kappa shape index (κ2) is 5.42. The molecule has 0 unspecified atom stereocenters. The molecule has 0 aromatic heterocycles. The largest absolute Gasteiger partial charge is 0.295 e. The van der Waals surface area contributed by atoms with E-state index in [2.05, 4.69) is 12.6 Å². The van der Waals surface area contributed by atoms with Gasteiger partial charge in [-0.2, -0.15) is 0 Å². The summed E-state index contributed by atoms with van der Waals surface area (Å²) < 4.78 is 0. The van der Waals surface area contributed by atoms with Crippen LogP contribution in [0.25, 0.3) is 0 Å². The van der Waals surface area contributed by atoms with Gasteiger partial charge < -0.3 is 0 Å². The number of benzene rings is 1. The molecule has 0 bridgehead atoms. The van der Waals surface area contributed by atoms with E-state index in [0.29, 0.717) is 16.0 Å². The van der Waals surface area contributed by atoms with Crippen LogP contribution in [0.2, 0.25) is 0 Å². The van der Waals surface area contributed by atoms with Gasteiger partial charge in [0, 0.05) is 35.5 Å². The summed E-state index contributed by atoms with van der Waals surface area (Å²) in [6.07, 6.45) is 0. The number of carbonyl (C=O) groups excluding carboxylic acids is 2. The van der Waals surface area contributed by atoms with Crippen molar-refractivity contribution in [3.63, 3.8) is 0 Å². The number of hydrogen-bond acceptors (Lipinski definition) is 3. The minimum atomic E-state index is -0.0758. The SMILES string of the molecule is CC(=O)c1ccc(S)c(C(C)=O)c1.[Zn]. The summed E-state index contributed by atoms with van der Waals surface area (Å²) in [5, 5.41) is 0. The maximum Gasteiger partial charge on any atom is 0.160 e. The molecule has 0 fully saturated rings. The smallest absolute Gasteiger partial charge is 0.160 e. The van der Waals surface area contributed by atoms with Crippen molar-refractivity contribution in [2.75, 3.05) is 0 Å². The molecule has 2 nitrogen and oxygen atoms in total. The van der Waals surface area contributed by atoms with Crippen LogP contribution in [-0.2, 0) is 19.5 Å². The summed E-state index contributed by atoms with van der Waals surface area (Å²) in [5.74, 6) is -0.121. The molecule has 0 saturated heterocycles. The maximum atomic E-state index is 11.1. The van der Waals surface area contributed by atoms with Crippen LogP contribution in [-0.4, -0.2) is 11.6 Å².